The number of hydrogen-bond acceptors (Lipinski definition) is 8. The number of nitriles is 2. The minimum Gasteiger partial charge on any atom is -0.495 e. The largest absolute Gasteiger partial charge is 0.495 e. The maximum atomic E-state index is 13.0. The lowest BCUT2D eigenvalue weighted by Crippen LogP contribution is -2.57. The lowest BCUT2D eigenvalue weighted by atomic mass is 10.0. The average Bonchev–Trinajstić information content (AvgIpc) is 2.86. The first-order chi connectivity index (χ1) is 16.3. The molecule has 0 N–H and O–H groups in total. The van der Waals surface area contributed by atoms with E-state index in [1.54, 1.807) is 32.5 Å². The van der Waals surface area contributed by atoms with E-state index >= 15 is 0 Å². The fourth-order valence-electron chi connectivity index (χ4n) is 4.77. The van der Waals surface area contributed by atoms with Gasteiger partial charge < -0.3 is 14.2 Å². The van der Waals surface area contributed by atoms with Crippen LogP contribution in [0.25, 0.3) is 11.0 Å². The van der Waals surface area contributed by atoms with Gasteiger partial charge in [0.05, 0.1) is 30.2 Å². The molecule has 4 rings (SSSR count). The van der Waals surface area contributed by atoms with Crippen molar-refractivity contribution < 1.29 is 4.74 Å². The summed E-state index contributed by atoms with van der Waals surface area (Å²) in [6.07, 6.45) is 1.72. The third-order valence-electron chi connectivity index (χ3n) is 6.68. The van der Waals surface area contributed by atoms with Crippen molar-refractivity contribution in [3.8, 4) is 17.9 Å². The Bertz CT molecular complexity index is 1370. The van der Waals surface area contributed by atoms with E-state index in [1.165, 1.54) is 4.57 Å². The standard InChI is InChI=1S/C25H27N7O2/c1-15-14-32(16(2)13-31(15)17(3)21-8-7-19(34-5)12-28-21)24-20(11-27)25(33)30(4)22-9-6-18(10-26)29-23(22)24/h6-9,12,15-17H,13-14H2,1-5H3/t15-,16-,17?/m0/s1. The second-order valence-electron chi connectivity index (χ2n) is 8.72. The maximum absolute atomic E-state index is 13.0. The highest BCUT2D eigenvalue weighted by molar-refractivity contribution is 5.92. The molecule has 1 saturated heterocycles. The summed E-state index contributed by atoms with van der Waals surface area (Å²) in [5.74, 6) is 0.716. The van der Waals surface area contributed by atoms with Crippen LogP contribution in [0.3, 0.4) is 0 Å². The molecule has 0 aliphatic carbocycles. The van der Waals surface area contributed by atoms with Crippen molar-refractivity contribution in [2.45, 2.75) is 38.9 Å². The molecule has 3 atom stereocenters. The first-order valence-electron chi connectivity index (χ1n) is 11.2. The number of piperazine rings is 1. The van der Waals surface area contributed by atoms with Gasteiger partial charge in [0.25, 0.3) is 5.56 Å². The Hall–Kier alpha value is -3.95. The molecule has 0 aromatic carbocycles. The van der Waals surface area contributed by atoms with Crippen LogP contribution in [0.15, 0.2) is 35.3 Å². The van der Waals surface area contributed by atoms with Crippen molar-refractivity contribution >= 4 is 16.7 Å². The Balaban J connectivity index is 1.75. The number of anilines is 1. The van der Waals surface area contributed by atoms with E-state index in [4.69, 9.17) is 4.74 Å². The molecule has 9 heteroatoms. The smallest absolute Gasteiger partial charge is 0.270 e. The molecular weight excluding hydrogens is 430 g/mol. The Morgan fingerprint density at radius 2 is 1.88 bits per heavy atom. The Morgan fingerprint density at radius 1 is 1.12 bits per heavy atom. The molecule has 3 aromatic rings. The zero-order valence-corrected chi connectivity index (χ0v) is 20.0. The molecule has 1 aliphatic rings. The zero-order chi connectivity index (χ0) is 24.6. The van der Waals surface area contributed by atoms with E-state index in [0.29, 0.717) is 35.6 Å². The maximum Gasteiger partial charge on any atom is 0.270 e. The van der Waals surface area contributed by atoms with Crippen molar-refractivity contribution in [1.82, 2.24) is 19.4 Å². The van der Waals surface area contributed by atoms with Crippen LogP contribution in [0.2, 0.25) is 0 Å². The summed E-state index contributed by atoms with van der Waals surface area (Å²) in [5.41, 5.74) is 2.47. The number of pyridine rings is 3. The summed E-state index contributed by atoms with van der Waals surface area (Å²) in [6.45, 7) is 7.63. The highest BCUT2D eigenvalue weighted by atomic mass is 16.5. The molecule has 0 saturated carbocycles. The van der Waals surface area contributed by atoms with Crippen molar-refractivity contribution in [3.05, 3.63) is 57.8 Å². The van der Waals surface area contributed by atoms with Crippen molar-refractivity contribution in [2.75, 3.05) is 25.1 Å². The van der Waals surface area contributed by atoms with Crippen LogP contribution < -0.4 is 15.2 Å². The number of aromatic nitrogens is 3. The third-order valence-corrected chi connectivity index (χ3v) is 6.68. The van der Waals surface area contributed by atoms with Crippen molar-refractivity contribution in [2.24, 2.45) is 7.05 Å². The summed E-state index contributed by atoms with van der Waals surface area (Å²) in [7, 11) is 3.24. The van der Waals surface area contributed by atoms with Crippen LogP contribution >= 0.6 is 0 Å². The van der Waals surface area contributed by atoms with Crippen molar-refractivity contribution in [3.63, 3.8) is 0 Å². The van der Waals surface area contributed by atoms with Gasteiger partial charge in [0, 0.05) is 38.3 Å². The molecule has 34 heavy (non-hydrogen) atoms. The van der Waals surface area contributed by atoms with Crippen LogP contribution in [-0.4, -0.2) is 51.7 Å². The van der Waals surface area contributed by atoms with E-state index in [2.05, 4.69) is 52.7 Å². The van der Waals surface area contributed by atoms with Gasteiger partial charge >= 0.3 is 0 Å². The number of nitrogens with zero attached hydrogens (tertiary/aromatic N) is 7. The summed E-state index contributed by atoms with van der Waals surface area (Å²) < 4.78 is 6.65. The van der Waals surface area contributed by atoms with Gasteiger partial charge in [0.2, 0.25) is 0 Å². The number of methoxy groups -OCH3 is 1. The van der Waals surface area contributed by atoms with E-state index < -0.39 is 0 Å². The monoisotopic (exact) mass is 457 g/mol. The van der Waals surface area contributed by atoms with Crippen LogP contribution in [0.4, 0.5) is 5.69 Å². The van der Waals surface area contributed by atoms with Crippen LogP contribution in [0.1, 0.15) is 43.8 Å². The highest BCUT2D eigenvalue weighted by Crippen LogP contribution is 2.34. The van der Waals surface area contributed by atoms with Gasteiger partial charge in [0.1, 0.15) is 34.7 Å². The topological polar surface area (TPSA) is 111 Å². The quantitative estimate of drug-likeness (QED) is 0.588. The lowest BCUT2D eigenvalue weighted by molar-refractivity contribution is 0.117. The summed E-state index contributed by atoms with van der Waals surface area (Å²) >= 11 is 0. The minimum absolute atomic E-state index is 0.00755. The molecule has 0 bridgehead atoms. The van der Waals surface area contributed by atoms with Crippen LogP contribution in [0.5, 0.6) is 5.75 Å². The van der Waals surface area contributed by atoms with Crippen LogP contribution in [0, 0.1) is 22.7 Å². The van der Waals surface area contributed by atoms with Gasteiger partial charge in [-0.3, -0.25) is 14.7 Å². The minimum atomic E-state index is -0.366. The summed E-state index contributed by atoms with van der Waals surface area (Å²) in [5, 5.41) is 19.3. The van der Waals surface area contributed by atoms with Gasteiger partial charge in [-0.15, -0.1) is 0 Å². The Kier molecular flexibility index (Phi) is 6.23. The molecule has 1 fully saturated rings. The highest BCUT2D eigenvalue weighted by Gasteiger charge is 2.35. The van der Waals surface area contributed by atoms with Gasteiger partial charge in [-0.1, -0.05) is 0 Å². The molecule has 0 spiro atoms. The molecule has 1 unspecified atom stereocenters. The molecule has 0 amide bonds. The molecule has 174 valence electrons. The number of hydrogen-bond donors (Lipinski definition) is 0. The predicted molar refractivity (Wildman–Crippen MR) is 129 cm³/mol. The number of fused-ring (bicyclic) bond motifs is 1. The van der Waals surface area contributed by atoms with E-state index in [9.17, 15) is 15.3 Å². The molecule has 3 aromatic heterocycles. The fraction of sp³-hybridized carbons (Fsp3) is 0.400. The van der Waals surface area contributed by atoms with E-state index in [-0.39, 0.29) is 34.9 Å². The first-order valence-corrected chi connectivity index (χ1v) is 11.2. The Labute approximate surface area is 198 Å². The predicted octanol–water partition coefficient (Wildman–Crippen LogP) is 2.74. The molecule has 9 nitrogen and oxygen atoms in total. The SMILES string of the molecule is COc1ccc(C(C)N2C[C@H](C)N(c3c(C#N)c(=O)n(C)c4ccc(C#N)nc34)C[C@@H]2C)nc1. The molecular formula is C25H27N7O2. The third kappa shape index (κ3) is 3.85. The second-order valence-corrected chi connectivity index (χ2v) is 8.72. The van der Waals surface area contributed by atoms with E-state index in [0.717, 1.165) is 5.69 Å². The summed E-state index contributed by atoms with van der Waals surface area (Å²) in [4.78, 5) is 26.6. The fourth-order valence-corrected chi connectivity index (χ4v) is 4.77. The second kappa shape index (κ2) is 9.12. The van der Waals surface area contributed by atoms with Gasteiger partial charge in [-0.05, 0) is 45.0 Å². The number of ether oxygens (including phenoxy) is 1. The molecule has 0 radical (unpaired) electrons. The zero-order valence-electron chi connectivity index (χ0n) is 20.0. The lowest BCUT2D eigenvalue weighted by Gasteiger charge is -2.47. The van der Waals surface area contributed by atoms with Gasteiger partial charge in [-0.25, -0.2) is 4.98 Å². The normalized spacial score (nSPS) is 19.4. The molecule has 1 aliphatic heterocycles. The summed E-state index contributed by atoms with van der Waals surface area (Å²) in [6, 6.07) is 11.5. The van der Waals surface area contributed by atoms with Crippen LogP contribution in [-0.2, 0) is 7.05 Å². The molecule has 4 heterocycles. The number of aryl methyl sites for hydroxylation is 1. The number of rotatable bonds is 4. The van der Waals surface area contributed by atoms with Gasteiger partial charge in [0.15, 0.2) is 0 Å². The first kappa shape index (κ1) is 23.2. The average molecular weight is 458 g/mol. The van der Waals surface area contributed by atoms with Gasteiger partial charge in [-0.2, -0.15) is 10.5 Å². The van der Waals surface area contributed by atoms with E-state index in [1.807, 2.05) is 12.1 Å². The van der Waals surface area contributed by atoms with Crippen molar-refractivity contribution in [1.29, 1.82) is 10.5 Å². The Morgan fingerprint density at radius 3 is 2.50 bits per heavy atom.